The molecule has 0 aliphatic rings. The van der Waals surface area contributed by atoms with Gasteiger partial charge in [-0.1, -0.05) is 95.2 Å². The van der Waals surface area contributed by atoms with Crippen LogP contribution in [0, 0.1) is 0 Å². The third-order valence-corrected chi connectivity index (χ3v) is 8.53. The normalized spacial score (nSPS) is 13.8. The number of ether oxygens (including phenoxy) is 1. The van der Waals surface area contributed by atoms with Crippen LogP contribution >= 0.6 is 24.0 Å². The second-order valence-corrected chi connectivity index (χ2v) is 11.1. The van der Waals surface area contributed by atoms with E-state index in [0.717, 1.165) is 51.4 Å². The predicted octanol–water partition coefficient (Wildman–Crippen LogP) is 7.19. The van der Waals surface area contributed by atoms with Gasteiger partial charge in [-0.25, -0.2) is 8.42 Å². The van der Waals surface area contributed by atoms with Crippen molar-refractivity contribution < 1.29 is 13.2 Å². The van der Waals surface area contributed by atoms with Gasteiger partial charge in [0.25, 0.3) is 0 Å². The van der Waals surface area contributed by atoms with Crippen LogP contribution in [0.4, 0.5) is 0 Å². The van der Waals surface area contributed by atoms with E-state index in [-0.39, 0.29) is 6.10 Å². The summed E-state index contributed by atoms with van der Waals surface area (Å²) in [5, 5.41) is -0.557. The van der Waals surface area contributed by atoms with Gasteiger partial charge in [-0.2, -0.15) is 0 Å². The topological polar surface area (TPSA) is 43.4 Å². The molecule has 0 aliphatic carbocycles. The fourth-order valence-corrected chi connectivity index (χ4v) is 5.84. The van der Waals surface area contributed by atoms with Gasteiger partial charge in [0, 0.05) is 0 Å². The van der Waals surface area contributed by atoms with Crippen molar-refractivity contribution in [2.75, 3.05) is 6.26 Å². The zero-order chi connectivity index (χ0) is 21.5. The predicted molar refractivity (Wildman–Crippen MR) is 131 cm³/mol. The Morgan fingerprint density at radius 2 is 1.48 bits per heavy atom. The Morgan fingerprint density at radius 3 is 2.07 bits per heavy atom. The number of benzene rings is 1. The molecule has 0 bridgehead atoms. The molecule has 3 nitrogen and oxygen atoms in total. The zero-order valence-electron chi connectivity index (χ0n) is 18.3. The lowest BCUT2D eigenvalue weighted by atomic mass is 10.0. The van der Waals surface area contributed by atoms with Crippen LogP contribution in [-0.4, -0.2) is 30.4 Å². The summed E-state index contributed by atoms with van der Waals surface area (Å²) < 4.78 is 33.5. The van der Waals surface area contributed by atoms with Crippen LogP contribution in [0.2, 0.25) is 0 Å². The van der Waals surface area contributed by atoms with E-state index < -0.39 is 15.1 Å². The molecule has 0 saturated heterocycles. The SMILES string of the molecule is CCCCCCCC(C(CCCCCC)OC(=S)SC)S(=O)(=O)c1ccccc1. The third-order valence-electron chi connectivity index (χ3n) is 5.23. The standard InChI is InChI=1S/C23H38O3S3/c1-4-6-8-10-15-19-22(29(24,25)20-16-12-11-13-17-20)21(26-23(27)28-3)18-14-9-7-5-2/h11-13,16-17,21-22H,4-10,14-15,18-19H2,1-3H3. The number of unbranched alkanes of at least 4 members (excludes halogenated alkanes) is 7. The molecule has 1 aromatic rings. The summed E-state index contributed by atoms with van der Waals surface area (Å²) in [5.41, 5.74) is 0. The number of hydrogen-bond donors (Lipinski definition) is 0. The molecule has 0 radical (unpaired) electrons. The van der Waals surface area contributed by atoms with Crippen LogP contribution in [-0.2, 0) is 14.6 Å². The Morgan fingerprint density at radius 1 is 0.931 bits per heavy atom. The molecule has 0 heterocycles. The van der Waals surface area contributed by atoms with E-state index in [1.807, 2.05) is 12.3 Å². The third kappa shape index (κ3) is 9.84. The average molecular weight is 459 g/mol. The molecule has 166 valence electrons. The number of hydrogen-bond acceptors (Lipinski definition) is 5. The molecule has 0 spiro atoms. The van der Waals surface area contributed by atoms with E-state index >= 15 is 0 Å². The van der Waals surface area contributed by atoms with Crippen LogP contribution in [0.5, 0.6) is 0 Å². The molecule has 0 saturated carbocycles. The van der Waals surface area contributed by atoms with E-state index in [1.165, 1.54) is 24.6 Å². The van der Waals surface area contributed by atoms with E-state index in [2.05, 4.69) is 13.8 Å². The quantitative estimate of drug-likeness (QED) is 0.205. The molecular formula is C23H38O3S3. The molecule has 0 aromatic heterocycles. The zero-order valence-corrected chi connectivity index (χ0v) is 20.7. The van der Waals surface area contributed by atoms with Gasteiger partial charge in [-0.15, -0.1) is 0 Å². The highest BCUT2D eigenvalue weighted by molar-refractivity contribution is 8.22. The van der Waals surface area contributed by atoms with Crippen molar-refractivity contribution in [2.45, 2.75) is 101 Å². The number of thiocarbonyl (C=S) groups is 1. The molecule has 29 heavy (non-hydrogen) atoms. The van der Waals surface area contributed by atoms with Crippen LogP contribution in [0.1, 0.15) is 84.5 Å². The lowest BCUT2D eigenvalue weighted by Gasteiger charge is -2.28. The summed E-state index contributed by atoms with van der Waals surface area (Å²) in [6.45, 7) is 4.36. The molecule has 2 unspecified atom stereocenters. The Labute approximate surface area is 188 Å². The fraction of sp³-hybridized carbons (Fsp3) is 0.696. The van der Waals surface area contributed by atoms with Crippen molar-refractivity contribution in [1.82, 2.24) is 0 Å². The maximum absolute atomic E-state index is 13.5. The smallest absolute Gasteiger partial charge is 0.220 e. The minimum Gasteiger partial charge on any atom is -0.474 e. The van der Waals surface area contributed by atoms with Crippen LogP contribution < -0.4 is 0 Å². The Kier molecular flexibility index (Phi) is 13.9. The number of sulfone groups is 1. The van der Waals surface area contributed by atoms with Gasteiger partial charge in [0.15, 0.2) is 9.84 Å². The molecule has 2 atom stereocenters. The Bertz CT molecular complexity index is 659. The van der Waals surface area contributed by atoms with E-state index in [4.69, 9.17) is 17.0 Å². The summed E-state index contributed by atoms with van der Waals surface area (Å²) >= 11 is 6.68. The van der Waals surface area contributed by atoms with Crippen molar-refractivity contribution in [2.24, 2.45) is 0 Å². The first-order chi connectivity index (χ1) is 14.0. The maximum atomic E-state index is 13.5. The summed E-state index contributed by atoms with van der Waals surface area (Å²) in [4.78, 5) is 0.385. The van der Waals surface area contributed by atoms with Gasteiger partial charge in [-0.3, -0.25) is 0 Å². The van der Waals surface area contributed by atoms with Gasteiger partial charge in [-0.05, 0) is 49.9 Å². The van der Waals surface area contributed by atoms with Gasteiger partial charge in [0.2, 0.25) is 4.38 Å². The summed E-state index contributed by atoms with van der Waals surface area (Å²) in [7, 11) is -3.48. The van der Waals surface area contributed by atoms with E-state index in [0.29, 0.717) is 15.7 Å². The van der Waals surface area contributed by atoms with Gasteiger partial charge in [0.1, 0.15) is 11.4 Å². The van der Waals surface area contributed by atoms with E-state index in [9.17, 15) is 8.42 Å². The van der Waals surface area contributed by atoms with Gasteiger partial charge >= 0.3 is 0 Å². The van der Waals surface area contributed by atoms with Crippen molar-refractivity contribution in [3.05, 3.63) is 30.3 Å². The Hall–Kier alpha value is -0.590. The highest BCUT2D eigenvalue weighted by Crippen LogP contribution is 2.28. The first-order valence-corrected chi connectivity index (χ1v) is 14.2. The van der Waals surface area contributed by atoms with Crippen molar-refractivity contribution in [3.8, 4) is 0 Å². The molecule has 6 heteroatoms. The van der Waals surface area contributed by atoms with Crippen molar-refractivity contribution in [3.63, 3.8) is 0 Å². The second-order valence-electron chi connectivity index (χ2n) is 7.56. The minimum absolute atomic E-state index is 0.385. The summed E-state index contributed by atoms with van der Waals surface area (Å²) in [6, 6.07) is 8.81. The number of rotatable bonds is 15. The molecule has 1 rings (SSSR count). The highest BCUT2D eigenvalue weighted by Gasteiger charge is 2.36. The van der Waals surface area contributed by atoms with E-state index in [1.54, 1.807) is 24.3 Å². The Balaban J connectivity index is 3.05. The van der Waals surface area contributed by atoms with Gasteiger partial charge < -0.3 is 4.74 Å². The van der Waals surface area contributed by atoms with Crippen LogP contribution in [0.25, 0.3) is 0 Å². The molecule has 1 aromatic carbocycles. The van der Waals surface area contributed by atoms with Crippen molar-refractivity contribution >= 4 is 38.2 Å². The largest absolute Gasteiger partial charge is 0.474 e. The average Bonchev–Trinajstić information content (AvgIpc) is 2.73. The molecule has 0 fully saturated rings. The van der Waals surface area contributed by atoms with Crippen molar-refractivity contribution in [1.29, 1.82) is 0 Å². The molecule has 0 N–H and O–H groups in total. The second kappa shape index (κ2) is 15.2. The number of thioether (sulfide) groups is 1. The van der Waals surface area contributed by atoms with Gasteiger partial charge in [0.05, 0.1) is 4.90 Å². The van der Waals surface area contributed by atoms with Crippen LogP contribution in [0.3, 0.4) is 0 Å². The van der Waals surface area contributed by atoms with Crippen LogP contribution in [0.15, 0.2) is 35.2 Å². The first-order valence-electron chi connectivity index (χ1n) is 11.0. The minimum atomic E-state index is -3.48. The molecule has 0 amide bonds. The summed E-state index contributed by atoms with van der Waals surface area (Å²) in [6.07, 6.45) is 12.7. The molecule has 0 aliphatic heterocycles. The lowest BCUT2D eigenvalue weighted by Crippen LogP contribution is -2.37. The lowest BCUT2D eigenvalue weighted by molar-refractivity contribution is 0.173. The maximum Gasteiger partial charge on any atom is 0.220 e. The molecular weight excluding hydrogens is 420 g/mol. The summed E-state index contributed by atoms with van der Waals surface area (Å²) in [5.74, 6) is 0. The first kappa shape index (κ1) is 26.4. The fourth-order valence-electron chi connectivity index (χ4n) is 3.54. The highest BCUT2D eigenvalue weighted by atomic mass is 32.2. The monoisotopic (exact) mass is 458 g/mol.